The van der Waals surface area contributed by atoms with Crippen molar-refractivity contribution in [2.75, 3.05) is 7.11 Å². The average molecular weight is 454 g/mol. The van der Waals surface area contributed by atoms with Crippen LogP contribution in [-0.4, -0.2) is 7.11 Å². The van der Waals surface area contributed by atoms with Crippen LogP contribution >= 0.6 is 0 Å². The first kappa shape index (κ1) is 22.6. The van der Waals surface area contributed by atoms with E-state index in [0.29, 0.717) is 23.3 Å². The van der Waals surface area contributed by atoms with Crippen molar-refractivity contribution in [3.63, 3.8) is 0 Å². The zero-order chi connectivity index (χ0) is 23.6. The second kappa shape index (κ2) is 9.14. The van der Waals surface area contributed by atoms with Crippen LogP contribution in [-0.2, 0) is 12.6 Å². The van der Waals surface area contributed by atoms with Crippen LogP contribution < -0.4 is 9.47 Å². The van der Waals surface area contributed by atoms with Crippen LogP contribution in [0.5, 0.6) is 17.2 Å². The molecular weight excluding hydrogens is 432 g/mol. The number of benzene rings is 4. The first-order chi connectivity index (χ1) is 15.8. The van der Waals surface area contributed by atoms with Gasteiger partial charge >= 0.3 is 6.18 Å². The van der Waals surface area contributed by atoms with Crippen LogP contribution in [0.4, 0.5) is 17.6 Å². The molecule has 33 heavy (non-hydrogen) atoms. The van der Waals surface area contributed by atoms with Crippen molar-refractivity contribution in [2.24, 2.45) is 0 Å². The average Bonchev–Trinajstić information content (AvgIpc) is 2.79. The van der Waals surface area contributed by atoms with Crippen LogP contribution in [0.3, 0.4) is 0 Å². The smallest absolute Gasteiger partial charge is 0.416 e. The molecule has 0 saturated carbocycles. The van der Waals surface area contributed by atoms with Crippen LogP contribution in [0, 0.1) is 5.82 Å². The van der Waals surface area contributed by atoms with Gasteiger partial charge < -0.3 is 9.47 Å². The van der Waals surface area contributed by atoms with Gasteiger partial charge in [-0.1, -0.05) is 37.6 Å². The van der Waals surface area contributed by atoms with Crippen molar-refractivity contribution < 1.29 is 27.0 Å². The fourth-order valence-corrected chi connectivity index (χ4v) is 3.89. The van der Waals surface area contributed by atoms with Crippen LogP contribution in [0.2, 0.25) is 0 Å². The Bertz CT molecular complexity index is 1280. The summed E-state index contributed by atoms with van der Waals surface area (Å²) in [5.41, 5.74) is 1.61. The summed E-state index contributed by atoms with van der Waals surface area (Å²) in [5.74, 6) is 0.773. The van der Waals surface area contributed by atoms with Gasteiger partial charge in [0, 0.05) is 10.9 Å². The summed E-state index contributed by atoms with van der Waals surface area (Å²) < 4.78 is 65.0. The molecule has 0 saturated heterocycles. The summed E-state index contributed by atoms with van der Waals surface area (Å²) >= 11 is 0. The van der Waals surface area contributed by atoms with Gasteiger partial charge in [-0.2, -0.15) is 13.2 Å². The Balaban J connectivity index is 1.98. The summed E-state index contributed by atoms with van der Waals surface area (Å²) in [6.07, 6.45) is -2.94. The topological polar surface area (TPSA) is 18.5 Å². The van der Waals surface area contributed by atoms with Crippen molar-refractivity contribution in [3.05, 3.63) is 89.7 Å². The third-order valence-corrected chi connectivity index (χ3v) is 5.41. The number of hydrogen-bond donors (Lipinski definition) is 0. The number of halogens is 4. The first-order valence-corrected chi connectivity index (χ1v) is 10.5. The lowest BCUT2D eigenvalue weighted by atomic mass is 9.91. The van der Waals surface area contributed by atoms with E-state index in [2.05, 4.69) is 0 Å². The molecule has 0 amide bonds. The van der Waals surface area contributed by atoms with Crippen molar-refractivity contribution in [3.8, 4) is 28.4 Å². The second-order valence-electron chi connectivity index (χ2n) is 7.71. The van der Waals surface area contributed by atoms with Gasteiger partial charge in [-0.3, -0.25) is 0 Å². The molecule has 0 aliphatic carbocycles. The molecule has 0 fully saturated rings. The third-order valence-electron chi connectivity index (χ3n) is 5.41. The lowest BCUT2D eigenvalue weighted by Gasteiger charge is -2.20. The van der Waals surface area contributed by atoms with Gasteiger partial charge in [0.1, 0.15) is 23.1 Å². The lowest BCUT2D eigenvalue weighted by molar-refractivity contribution is -0.137. The lowest BCUT2D eigenvalue weighted by Crippen LogP contribution is -2.04. The third kappa shape index (κ3) is 4.80. The molecule has 6 heteroatoms. The summed E-state index contributed by atoms with van der Waals surface area (Å²) in [6, 6.07) is 18.3. The summed E-state index contributed by atoms with van der Waals surface area (Å²) in [5, 5.41) is 1.55. The van der Waals surface area contributed by atoms with E-state index >= 15 is 0 Å². The van der Waals surface area contributed by atoms with E-state index in [0.717, 1.165) is 40.6 Å². The molecule has 0 heterocycles. The Labute approximate surface area is 189 Å². The maximum Gasteiger partial charge on any atom is 0.416 e. The number of fused-ring (bicyclic) bond motifs is 1. The van der Waals surface area contributed by atoms with Gasteiger partial charge in [0.2, 0.25) is 0 Å². The minimum absolute atomic E-state index is 0.0685. The molecule has 4 aromatic rings. The maximum atomic E-state index is 13.6. The number of rotatable bonds is 6. The second-order valence-corrected chi connectivity index (χ2v) is 7.71. The highest BCUT2D eigenvalue weighted by molar-refractivity contribution is 5.97. The van der Waals surface area contributed by atoms with Crippen molar-refractivity contribution in [1.29, 1.82) is 0 Å². The van der Waals surface area contributed by atoms with E-state index in [1.165, 1.54) is 24.3 Å². The zero-order valence-electron chi connectivity index (χ0n) is 18.2. The minimum Gasteiger partial charge on any atom is -0.497 e. The van der Waals surface area contributed by atoms with E-state index in [9.17, 15) is 17.6 Å². The van der Waals surface area contributed by atoms with Crippen molar-refractivity contribution in [1.82, 2.24) is 0 Å². The molecule has 170 valence electrons. The quantitative estimate of drug-likeness (QED) is 0.272. The Kier molecular flexibility index (Phi) is 6.27. The van der Waals surface area contributed by atoms with E-state index in [1.807, 2.05) is 25.1 Å². The molecule has 0 atom stereocenters. The number of aryl methyl sites for hydroxylation is 1. The van der Waals surface area contributed by atoms with Gasteiger partial charge in [0.15, 0.2) is 0 Å². The van der Waals surface area contributed by atoms with Gasteiger partial charge in [-0.15, -0.1) is 0 Å². The van der Waals surface area contributed by atoms with E-state index < -0.39 is 11.7 Å². The number of hydrogen-bond acceptors (Lipinski definition) is 2. The largest absolute Gasteiger partial charge is 0.497 e. The van der Waals surface area contributed by atoms with E-state index in [-0.39, 0.29) is 11.6 Å². The van der Waals surface area contributed by atoms with Crippen LogP contribution in [0.15, 0.2) is 72.8 Å². The maximum absolute atomic E-state index is 13.6. The van der Waals surface area contributed by atoms with E-state index in [4.69, 9.17) is 9.47 Å². The SMILES string of the molecule is CCCc1cc2cc(OC)ccc2c(Oc2cccc(C(F)(F)F)c2)c1-c1ccc(F)cc1. The first-order valence-electron chi connectivity index (χ1n) is 10.5. The molecular formula is C27H22F4O2. The van der Waals surface area contributed by atoms with E-state index in [1.54, 1.807) is 25.3 Å². The molecule has 0 bridgehead atoms. The Hall–Kier alpha value is -3.54. The highest BCUT2D eigenvalue weighted by atomic mass is 19.4. The molecule has 4 rings (SSSR count). The molecule has 0 unspecified atom stereocenters. The van der Waals surface area contributed by atoms with Gasteiger partial charge in [0.25, 0.3) is 0 Å². The Morgan fingerprint density at radius 2 is 1.61 bits per heavy atom. The molecule has 0 aliphatic heterocycles. The fraction of sp³-hybridized carbons (Fsp3) is 0.185. The number of alkyl halides is 3. The Morgan fingerprint density at radius 3 is 2.27 bits per heavy atom. The number of methoxy groups -OCH3 is 1. The van der Waals surface area contributed by atoms with Gasteiger partial charge in [0.05, 0.1) is 12.7 Å². The highest BCUT2D eigenvalue weighted by Crippen LogP contribution is 2.44. The monoisotopic (exact) mass is 454 g/mol. The molecule has 0 spiro atoms. The molecule has 0 aliphatic rings. The summed E-state index contributed by atoms with van der Waals surface area (Å²) in [4.78, 5) is 0. The molecule has 0 N–H and O–H groups in total. The number of ether oxygens (including phenoxy) is 2. The van der Waals surface area contributed by atoms with Gasteiger partial charge in [-0.25, -0.2) is 4.39 Å². The normalized spacial score (nSPS) is 11.6. The van der Waals surface area contributed by atoms with Crippen molar-refractivity contribution >= 4 is 10.8 Å². The zero-order valence-corrected chi connectivity index (χ0v) is 18.2. The predicted octanol–water partition coefficient (Wildman–Crippen LogP) is 8.42. The molecule has 4 aromatic carbocycles. The van der Waals surface area contributed by atoms with Crippen LogP contribution in [0.1, 0.15) is 24.5 Å². The predicted molar refractivity (Wildman–Crippen MR) is 121 cm³/mol. The molecule has 0 aromatic heterocycles. The standard InChI is InChI=1S/C27H22F4O2/c1-3-5-18-14-19-15-22(32-2)12-13-24(19)26(25(18)17-8-10-21(28)11-9-17)33-23-7-4-6-20(16-23)27(29,30)31/h4,6-16H,3,5H2,1-2H3. The Morgan fingerprint density at radius 1 is 0.848 bits per heavy atom. The van der Waals surface area contributed by atoms with Crippen molar-refractivity contribution in [2.45, 2.75) is 25.9 Å². The fourth-order valence-electron chi connectivity index (χ4n) is 3.89. The van der Waals surface area contributed by atoms with Gasteiger partial charge in [-0.05, 0) is 71.5 Å². The summed E-state index contributed by atoms with van der Waals surface area (Å²) in [6.45, 7) is 2.04. The summed E-state index contributed by atoms with van der Waals surface area (Å²) in [7, 11) is 1.57. The van der Waals surface area contributed by atoms with Crippen LogP contribution in [0.25, 0.3) is 21.9 Å². The highest BCUT2D eigenvalue weighted by Gasteiger charge is 2.31. The minimum atomic E-state index is -4.49. The molecule has 2 nitrogen and oxygen atoms in total. The molecule has 0 radical (unpaired) electrons.